The Bertz CT molecular complexity index is 669. The lowest BCUT2D eigenvalue weighted by Gasteiger charge is -2.28. The zero-order valence-corrected chi connectivity index (χ0v) is 13.3. The van der Waals surface area contributed by atoms with Crippen LogP contribution in [-0.4, -0.2) is 32.4 Å². The number of carbonyl (C=O) groups is 2. The van der Waals surface area contributed by atoms with E-state index in [0.717, 1.165) is 18.2 Å². The molecule has 0 fully saturated rings. The highest BCUT2D eigenvalue weighted by atomic mass is 16.6. The fraction of sp³-hybridized carbons (Fsp3) is 0.429. The molecule has 0 aliphatic carbocycles. The first kappa shape index (κ1) is 19.0. The molecule has 1 amide bonds. The van der Waals surface area contributed by atoms with E-state index in [4.69, 9.17) is 0 Å². The van der Waals surface area contributed by atoms with Crippen molar-refractivity contribution in [1.82, 2.24) is 5.32 Å². The third kappa shape index (κ3) is 4.48. The molecule has 0 bridgehead atoms. The number of hydrogen-bond acceptors (Lipinski definition) is 6. The molecule has 0 spiro atoms. The summed E-state index contributed by atoms with van der Waals surface area (Å²) in [6, 6.07) is 2.45. The molecule has 1 atom stereocenters. The van der Waals surface area contributed by atoms with Crippen LogP contribution in [0.5, 0.6) is 0 Å². The zero-order chi connectivity index (χ0) is 18.7. The number of benzene rings is 1. The van der Waals surface area contributed by atoms with Crippen molar-refractivity contribution in [3.63, 3.8) is 0 Å². The minimum absolute atomic E-state index is 0.0501. The van der Waals surface area contributed by atoms with Gasteiger partial charge in [-0.2, -0.15) is 0 Å². The van der Waals surface area contributed by atoms with E-state index in [1.54, 1.807) is 13.8 Å². The number of rotatable bonds is 7. The third-order valence-corrected chi connectivity index (χ3v) is 3.26. The van der Waals surface area contributed by atoms with Crippen LogP contribution in [0, 0.1) is 26.1 Å². The highest BCUT2D eigenvalue weighted by Gasteiger charge is 2.36. The third-order valence-electron chi connectivity index (χ3n) is 3.26. The van der Waals surface area contributed by atoms with E-state index in [-0.39, 0.29) is 17.9 Å². The van der Waals surface area contributed by atoms with Gasteiger partial charge in [0.1, 0.15) is 5.54 Å². The van der Waals surface area contributed by atoms with Crippen LogP contribution in [0.25, 0.3) is 0 Å². The summed E-state index contributed by atoms with van der Waals surface area (Å²) in [4.78, 5) is 43.7. The Morgan fingerprint density at radius 1 is 1.17 bits per heavy atom. The molecule has 10 nitrogen and oxygen atoms in total. The molecule has 10 heteroatoms. The second kappa shape index (κ2) is 7.02. The Morgan fingerprint density at radius 2 is 1.62 bits per heavy atom. The average Bonchev–Trinajstić information content (AvgIpc) is 2.45. The lowest BCUT2D eigenvalue weighted by Crippen LogP contribution is -2.53. The van der Waals surface area contributed by atoms with Crippen molar-refractivity contribution < 1.29 is 24.5 Å². The number of carboxylic acids is 1. The molecule has 1 rings (SSSR count). The molecule has 0 aliphatic rings. The Hall–Kier alpha value is -3.04. The van der Waals surface area contributed by atoms with E-state index in [1.807, 2.05) is 0 Å². The standard InChI is InChI=1S/C14H17N3O7/c1-8(2)7-14(3,13(19)20)15-12(18)9-4-10(16(21)22)6-11(5-9)17(23)24/h4-6,8H,7H2,1-3H3,(H,15,18)(H,19,20)/t14-/m0/s1. The van der Waals surface area contributed by atoms with Crippen LogP contribution in [0.1, 0.15) is 37.6 Å². The number of aliphatic carboxylic acids is 1. The van der Waals surface area contributed by atoms with Crippen molar-refractivity contribution in [2.24, 2.45) is 5.92 Å². The van der Waals surface area contributed by atoms with E-state index in [9.17, 15) is 34.9 Å². The van der Waals surface area contributed by atoms with Gasteiger partial charge in [-0.3, -0.25) is 25.0 Å². The number of amides is 1. The first-order valence-electron chi connectivity index (χ1n) is 6.96. The fourth-order valence-corrected chi connectivity index (χ4v) is 2.27. The lowest BCUT2D eigenvalue weighted by atomic mass is 9.90. The fourth-order valence-electron chi connectivity index (χ4n) is 2.27. The molecule has 0 unspecified atom stereocenters. The summed E-state index contributed by atoms with van der Waals surface area (Å²) < 4.78 is 0. The SMILES string of the molecule is CC(C)C[C@](C)(NC(=O)c1cc([N+](=O)[O-])cc([N+](=O)[O-])c1)C(=O)O. The highest BCUT2D eigenvalue weighted by Crippen LogP contribution is 2.24. The number of nitrogens with zero attached hydrogens (tertiary/aromatic N) is 2. The largest absolute Gasteiger partial charge is 0.480 e. The van der Waals surface area contributed by atoms with Crippen molar-refractivity contribution in [1.29, 1.82) is 0 Å². The van der Waals surface area contributed by atoms with Gasteiger partial charge >= 0.3 is 5.97 Å². The van der Waals surface area contributed by atoms with Crippen molar-refractivity contribution >= 4 is 23.3 Å². The number of nitro groups is 2. The van der Waals surface area contributed by atoms with Crippen LogP contribution in [0.2, 0.25) is 0 Å². The normalized spacial score (nSPS) is 13.2. The van der Waals surface area contributed by atoms with Crippen molar-refractivity contribution in [2.75, 3.05) is 0 Å². The average molecular weight is 339 g/mol. The second-order valence-corrected chi connectivity index (χ2v) is 5.94. The van der Waals surface area contributed by atoms with Gasteiger partial charge in [-0.25, -0.2) is 4.79 Å². The molecule has 2 N–H and O–H groups in total. The van der Waals surface area contributed by atoms with Gasteiger partial charge in [-0.15, -0.1) is 0 Å². The van der Waals surface area contributed by atoms with Gasteiger partial charge in [-0.05, 0) is 19.3 Å². The summed E-state index contributed by atoms with van der Waals surface area (Å²) in [5.74, 6) is -2.26. The van der Waals surface area contributed by atoms with E-state index in [1.165, 1.54) is 6.92 Å². The van der Waals surface area contributed by atoms with Gasteiger partial charge in [0.2, 0.25) is 0 Å². The maximum absolute atomic E-state index is 12.3. The molecule has 0 saturated carbocycles. The van der Waals surface area contributed by atoms with Gasteiger partial charge in [0.15, 0.2) is 0 Å². The van der Waals surface area contributed by atoms with Crippen LogP contribution >= 0.6 is 0 Å². The smallest absolute Gasteiger partial charge is 0.329 e. The lowest BCUT2D eigenvalue weighted by molar-refractivity contribution is -0.394. The maximum Gasteiger partial charge on any atom is 0.329 e. The Labute approximate surface area is 136 Å². The molecule has 0 radical (unpaired) electrons. The van der Waals surface area contributed by atoms with Gasteiger partial charge in [-0.1, -0.05) is 13.8 Å². The topological polar surface area (TPSA) is 153 Å². The molecule has 24 heavy (non-hydrogen) atoms. The summed E-state index contributed by atoms with van der Waals surface area (Å²) in [6.45, 7) is 4.84. The van der Waals surface area contributed by atoms with Gasteiger partial charge < -0.3 is 10.4 Å². The quantitative estimate of drug-likeness (QED) is 0.569. The highest BCUT2D eigenvalue weighted by molar-refractivity contribution is 5.98. The molecule has 0 aliphatic heterocycles. The van der Waals surface area contributed by atoms with Crippen LogP contribution in [0.15, 0.2) is 18.2 Å². The van der Waals surface area contributed by atoms with Gasteiger partial charge in [0, 0.05) is 12.1 Å². The van der Waals surface area contributed by atoms with Crippen LogP contribution < -0.4 is 5.32 Å². The molecular weight excluding hydrogens is 322 g/mol. The van der Waals surface area contributed by atoms with Crippen LogP contribution in [-0.2, 0) is 4.79 Å². The number of nitro benzene ring substituents is 2. The van der Waals surface area contributed by atoms with E-state index >= 15 is 0 Å². The Kier molecular flexibility index (Phi) is 5.56. The van der Waals surface area contributed by atoms with Crippen LogP contribution in [0.4, 0.5) is 11.4 Å². The van der Waals surface area contributed by atoms with Crippen molar-refractivity contribution in [2.45, 2.75) is 32.7 Å². The second-order valence-electron chi connectivity index (χ2n) is 5.94. The van der Waals surface area contributed by atoms with Gasteiger partial charge in [0.05, 0.1) is 21.5 Å². The predicted octanol–water partition coefficient (Wildman–Crippen LogP) is 2.12. The maximum atomic E-state index is 12.3. The summed E-state index contributed by atoms with van der Waals surface area (Å²) in [6.07, 6.45) is 0.116. The number of nitrogens with one attached hydrogen (secondary N) is 1. The van der Waals surface area contributed by atoms with E-state index in [0.29, 0.717) is 0 Å². The first-order valence-corrected chi connectivity index (χ1v) is 6.96. The Balaban J connectivity index is 3.24. The van der Waals surface area contributed by atoms with E-state index in [2.05, 4.69) is 5.32 Å². The molecule has 1 aromatic rings. The molecule has 130 valence electrons. The van der Waals surface area contributed by atoms with Gasteiger partial charge in [0.25, 0.3) is 17.3 Å². The number of carbonyl (C=O) groups excluding carboxylic acids is 1. The number of hydrogen-bond donors (Lipinski definition) is 2. The summed E-state index contributed by atoms with van der Waals surface area (Å²) >= 11 is 0. The first-order chi connectivity index (χ1) is 11.0. The minimum atomic E-state index is -1.61. The molecule has 1 aromatic carbocycles. The molecular formula is C14H17N3O7. The van der Waals surface area contributed by atoms with Crippen molar-refractivity contribution in [3.05, 3.63) is 44.0 Å². The predicted molar refractivity (Wildman–Crippen MR) is 82.7 cm³/mol. The molecule has 0 saturated heterocycles. The van der Waals surface area contributed by atoms with E-state index < -0.39 is 38.6 Å². The van der Waals surface area contributed by atoms with Crippen molar-refractivity contribution in [3.8, 4) is 0 Å². The summed E-state index contributed by atoms with van der Waals surface area (Å²) in [5.41, 5.74) is -3.22. The number of non-ortho nitro benzene ring substituents is 2. The minimum Gasteiger partial charge on any atom is -0.480 e. The Morgan fingerprint density at radius 3 is 1.96 bits per heavy atom. The summed E-state index contributed by atoms with van der Waals surface area (Å²) in [7, 11) is 0. The molecule has 0 aromatic heterocycles. The molecule has 0 heterocycles. The summed E-state index contributed by atoms with van der Waals surface area (Å²) in [5, 5.41) is 33.3. The monoisotopic (exact) mass is 339 g/mol. The van der Waals surface area contributed by atoms with Crippen LogP contribution in [0.3, 0.4) is 0 Å². The number of carboxylic acid groups (broad SMARTS) is 1. The zero-order valence-electron chi connectivity index (χ0n) is 13.3.